The molecular formula is C14H16N2O2. The van der Waals surface area contributed by atoms with Crippen LogP contribution in [0.2, 0.25) is 0 Å². The van der Waals surface area contributed by atoms with Crippen LogP contribution in [0, 0.1) is 0 Å². The van der Waals surface area contributed by atoms with Crippen LogP contribution in [0.25, 0.3) is 10.9 Å². The number of methoxy groups -OCH3 is 2. The Morgan fingerprint density at radius 3 is 2.56 bits per heavy atom. The van der Waals surface area contributed by atoms with Gasteiger partial charge in [-0.3, -0.25) is 4.98 Å². The van der Waals surface area contributed by atoms with E-state index in [9.17, 15) is 0 Å². The number of fused-ring (bicyclic) bond motifs is 1. The Bertz CT molecular complexity index is 606. The van der Waals surface area contributed by atoms with Gasteiger partial charge in [0.05, 0.1) is 25.1 Å². The summed E-state index contributed by atoms with van der Waals surface area (Å²) in [7, 11) is 3.26. The van der Waals surface area contributed by atoms with Crippen molar-refractivity contribution in [3.63, 3.8) is 0 Å². The van der Waals surface area contributed by atoms with Crippen LogP contribution in [0.5, 0.6) is 11.5 Å². The zero-order valence-electron chi connectivity index (χ0n) is 10.6. The fraction of sp³-hybridized carbons (Fsp3) is 0.357. The Balaban J connectivity index is 2.27. The predicted octanol–water partition coefficient (Wildman–Crippen LogP) is 2.71. The third-order valence-electron chi connectivity index (χ3n) is 3.35. The van der Waals surface area contributed by atoms with Crippen LogP contribution in [-0.4, -0.2) is 19.2 Å². The van der Waals surface area contributed by atoms with E-state index in [1.807, 2.05) is 18.2 Å². The van der Waals surface area contributed by atoms with Gasteiger partial charge in [-0.25, -0.2) is 0 Å². The molecule has 0 radical (unpaired) electrons. The van der Waals surface area contributed by atoms with Gasteiger partial charge in [-0.15, -0.1) is 0 Å². The number of hydrogen-bond acceptors (Lipinski definition) is 4. The highest BCUT2D eigenvalue weighted by molar-refractivity contribution is 5.96. The summed E-state index contributed by atoms with van der Waals surface area (Å²) in [5.74, 6) is 2.02. The number of ether oxygens (including phenoxy) is 2. The fourth-order valence-corrected chi connectivity index (χ4v) is 2.22. The molecular weight excluding hydrogens is 228 g/mol. The Morgan fingerprint density at radius 2 is 1.94 bits per heavy atom. The molecule has 0 spiro atoms. The van der Waals surface area contributed by atoms with Crippen LogP contribution in [0.4, 0.5) is 5.69 Å². The minimum atomic E-state index is 0.578. The van der Waals surface area contributed by atoms with E-state index in [2.05, 4.69) is 4.98 Å². The predicted molar refractivity (Wildman–Crippen MR) is 71.2 cm³/mol. The average molecular weight is 244 g/mol. The smallest absolute Gasteiger partial charge is 0.134 e. The van der Waals surface area contributed by atoms with Crippen LogP contribution in [0.3, 0.4) is 0 Å². The van der Waals surface area contributed by atoms with Gasteiger partial charge in [-0.2, -0.15) is 0 Å². The van der Waals surface area contributed by atoms with E-state index in [1.165, 1.54) is 12.8 Å². The van der Waals surface area contributed by atoms with E-state index in [-0.39, 0.29) is 0 Å². The van der Waals surface area contributed by atoms with Crippen molar-refractivity contribution in [1.82, 2.24) is 4.98 Å². The monoisotopic (exact) mass is 244 g/mol. The summed E-state index contributed by atoms with van der Waals surface area (Å²) in [5.41, 5.74) is 8.77. The van der Waals surface area contributed by atoms with Crippen molar-refractivity contribution < 1.29 is 9.47 Å². The summed E-state index contributed by atoms with van der Waals surface area (Å²) < 4.78 is 10.6. The molecule has 1 aromatic carbocycles. The van der Waals surface area contributed by atoms with Gasteiger partial charge in [0, 0.05) is 29.4 Å². The van der Waals surface area contributed by atoms with E-state index in [4.69, 9.17) is 15.2 Å². The van der Waals surface area contributed by atoms with Crippen LogP contribution in [0.15, 0.2) is 18.2 Å². The number of rotatable bonds is 3. The molecule has 1 heterocycles. The highest BCUT2D eigenvalue weighted by atomic mass is 16.5. The normalized spacial score (nSPS) is 14.8. The highest BCUT2D eigenvalue weighted by Crippen LogP contribution is 2.42. The third-order valence-corrected chi connectivity index (χ3v) is 3.35. The Morgan fingerprint density at radius 1 is 1.17 bits per heavy atom. The Hall–Kier alpha value is -1.97. The lowest BCUT2D eigenvalue weighted by Crippen LogP contribution is -1.97. The third kappa shape index (κ3) is 1.74. The molecule has 3 rings (SSSR count). The van der Waals surface area contributed by atoms with E-state index in [0.29, 0.717) is 11.7 Å². The molecule has 1 aliphatic rings. The second-order valence-electron chi connectivity index (χ2n) is 4.63. The minimum Gasteiger partial charge on any atom is -0.497 e. The number of hydrogen-bond donors (Lipinski definition) is 1. The second-order valence-corrected chi connectivity index (χ2v) is 4.63. The topological polar surface area (TPSA) is 57.4 Å². The van der Waals surface area contributed by atoms with Gasteiger partial charge >= 0.3 is 0 Å². The number of nitrogens with two attached hydrogens (primary N) is 1. The van der Waals surface area contributed by atoms with Gasteiger partial charge in [0.1, 0.15) is 11.5 Å². The van der Waals surface area contributed by atoms with Crippen molar-refractivity contribution in [2.24, 2.45) is 0 Å². The first-order valence-corrected chi connectivity index (χ1v) is 6.05. The SMILES string of the molecule is COc1cc(OC)c2c(N)cc(C3CC3)nc2c1. The van der Waals surface area contributed by atoms with Crippen molar-refractivity contribution in [1.29, 1.82) is 0 Å². The quantitative estimate of drug-likeness (QED) is 0.901. The molecule has 0 saturated heterocycles. The number of aromatic nitrogens is 1. The first-order valence-electron chi connectivity index (χ1n) is 6.05. The van der Waals surface area contributed by atoms with E-state index >= 15 is 0 Å². The molecule has 0 unspecified atom stereocenters. The Kier molecular flexibility index (Phi) is 2.51. The maximum atomic E-state index is 6.13. The van der Waals surface area contributed by atoms with Gasteiger partial charge in [-0.1, -0.05) is 0 Å². The van der Waals surface area contributed by atoms with E-state index in [0.717, 1.165) is 28.0 Å². The summed E-state index contributed by atoms with van der Waals surface area (Å²) in [6, 6.07) is 5.70. The van der Waals surface area contributed by atoms with Crippen LogP contribution >= 0.6 is 0 Å². The van der Waals surface area contributed by atoms with Gasteiger partial charge in [0.15, 0.2) is 0 Å². The van der Waals surface area contributed by atoms with Crippen molar-refractivity contribution >= 4 is 16.6 Å². The van der Waals surface area contributed by atoms with Gasteiger partial charge < -0.3 is 15.2 Å². The number of nitrogens with zero attached hydrogens (tertiary/aromatic N) is 1. The lowest BCUT2D eigenvalue weighted by Gasteiger charge is -2.11. The zero-order chi connectivity index (χ0) is 12.7. The van der Waals surface area contributed by atoms with Crippen molar-refractivity contribution in [2.45, 2.75) is 18.8 Å². The second kappa shape index (κ2) is 4.05. The highest BCUT2D eigenvalue weighted by Gasteiger charge is 2.26. The van der Waals surface area contributed by atoms with Crippen LogP contribution < -0.4 is 15.2 Å². The summed E-state index contributed by atoms with van der Waals surface area (Å²) >= 11 is 0. The van der Waals surface area contributed by atoms with Gasteiger partial charge in [-0.05, 0) is 18.9 Å². The largest absolute Gasteiger partial charge is 0.497 e. The summed E-state index contributed by atoms with van der Waals surface area (Å²) in [6.07, 6.45) is 2.41. The maximum Gasteiger partial charge on any atom is 0.134 e. The standard InChI is InChI=1S/C14H16N2O2/c1-17-9-5-12-14(13(6-9)18-2)10(15)7-11(16-12)8-3-4-8/h5-8H,3-4H2,1-2H3,(H2,15,16). The molecule has 0 atom stereocenters. The van der Waals surface area contributed by atoms with E-state index < -0.39 is 0 Å². The first kappa shape index (κ1) is 11.1. The fourth-order valence-electron chi connectivity index (χ4n) is 2.22. The van der Waals surface area contributed by atoms with Crippen molar-refractivity contribution in [3.8, 4) is 11.5 Å². The number of nitrogen functional groups attached to an aromatic ring is 1. The first-order chi connectivity index (χ1) is 8.72. The van der Waals surface area contributed by atoms with Crippen LogP contribution in [0.1, 0.15) is 24.5 Å². The molecule has 94 valence electrons. The molecule has 4 heteroatoms. The lowest BCUT2D eigenvalue weighted by molar-refractivity contribution is 0.398. The summed E-state index contributed by atoms with van der Waals surface area (Å²) in [5, 5.41) is 0.864. The molecule has 1 aromatic heterocycles. The van der Waals surface area contributed by atoms with E-state index in [1.54, 1.807) is 14.2 Å². The molecule has 1 saturated carbocycles. The lowest BCUT2D eigenvalue weighted by atomic mass is 10.1. The molecule has 0 amide bonds. The summed E-state index contributed by atoms with van der Waals surface area (Å²) in [4.78, 5) is 4.68. The maximum absolute atomic E-state index is 6.13. The average Bonchev–Trinajstić information content (AvgIpc) is 3.21. The van der Waals surface area contributed by atoms with Gasteiger partial charge in [0.2, 0.25) is 0 Å². The molecule has 1 fully saturated rings. The Labute approximate surface area is 106 Å². The molecule has 0 aliphatic heterocycles. The van der Waals surface area contributed by atoms with Gasteiger partial charge in [0.25, 0.3) is 0 Å². The molecule has 2 aromatic rings. The number of benzene rings is 1. The molecule has 0 bridgehead atoms. The van der Waals surface area contributed by atoms with Crippen molar-refractivity contribution in [2.75, 3.05) is 20.0 Å². The molecule has 4 nitrogen and oxygen atoms in total. The zero-order valence-corrected chi connectivity index (χ0v) is 10.6. The summed E-state index contributed by atoms with van der Waals surface area (Å²) in [6.45, 7) is 0. The van der Waals surface area contributed by atoms with Crippen LogP contribution in [-0.2, 0) is 0 Å². The minimum absolute atomic E-state index is 0.578. The molecule has 2 N–H and O–H groups in total. The molecule has 18 heavy (non-hydrogen) atoms. The van der Waals surface area contributed by atoms with Crippen molar-refractivity contribution in [3.05, 3.63) is 23.9 Å². The number of anilines is 1. The number of pyridine rings is 1. The molecule has 1 aliphatic carbocycles.